The van der Waals surface area contributed by atoms with E-state index in [1.165, 1.54) is 4.90 Å². The molecule has 0 unspecified atom stereocenters. The minimum Gasteiger partial charge on any atom is -0.438 e. The Morgan fingerprint density at radius 2 is 1.95 bits per heavy atom. The van der Waals surface area contributed by atoms with E-state index in [2.05, 4.69) is 25.9 Å². The molecule has 9 nitrogen and oxygen atoms in total. The lowest BCUT2D eigenvalue weighted by Gasteiger charge is -2.52. The van der Waals surface area contributed by atoms with Crippen molar-refractivity contribution in [2.75, 3.05) is 18.6 Å². The summed E-state index contributed by atoms with van der Waals surface area (Å²) >= 11 is 0. The Morgan fingerprint density at radius 1 is 1.26 bits per heavy atom. The number of carbonyl (C=O) groups is 2. The predicted octanol–water partition coefficient (Wildman–Crippen LogP) is 3.94. The first kappa shape index (κ1) is 26.7. The number of nitrogens with zero attached hydrogens (tertiary/aromatic N) is 3. The van der Waals surface area contributed by atoms with Gasteiger partial charge in [0.25, 0.3) is 0 Å². The largest absolute Gasteiger partial charge is 0.438 e. The maximum absolute atomic E-state index is 14.8. The Morgan fingerprint density at radius 3 is 2.59 bits per heavy atom. The Bertz CT molecular complexity index is 1330. The van der Waals surface area contributed by atoms with Gasteiger partial charge in [-0.15, -0.1) is 0 Å². The number of aliphatic hydroxyl groups is 1. The zero-order valence-corrected chi connectivity index (χ0v) is 24.4. The van der Waals surface area contributed by atoms with Crippen molar-refractivity contribution in [1.29, 1.82) is 0 Å². The first-order chi connectivity index (χ1) is 18.1. The molecule has 1 aromatic heterocycles. The molecule has 4 aliphatic carbocycles. The van der Waals surface area contributed by atoms with Gasteiger partial charge in [-0.1, -0.05) is 32.9 Å². The second-order valence-corrected chi connectivity index (χ2v) is 13.6. The van der Waals surface area contributed by atoms with Crippen LogP contribution in [0.1, 0.15) is 53.7 Å². The number of fused-ring (bicyclic) bond motifs is 5. The SMILES string of the molecule is CC1=C[C@]23C(=O)[C@@H](C=C4COC(C)(C)O[C@H]4[C@]2(O)[C@H]1OC(=O)N(C)c1cc(C)nn1C)[C@H]1[C@@H](C[C@H]3C)C1(C)C. The molecular weight excluding hydrogens is 498 g/mol. The summed E-state index contributed by atoms with van der Waals surface area (Å²) in [6, 6.07) is 1.79. The van der Waals surface area contributed by atoms with Crippen LogP contribution >= 0.6 is 0 Å². The molecular formula is C30H41N3O6. The van der Waals surface area contributed by atoms with Crippen molar-refractivity contribution in [1.82, 2.24) is 9.78 Å². The Hall–Kier alpha value is -2.49. The van der Waals surface area contributed by atoms with Gasteiger partial charge in [0.1, 0.15) is 11.9 Å². The number of carbonyl (C=O) groups excluding carboxylic acids is 2. The first-order valence-corrected chi connectivity index (χ1v) is 14.0. The molecule has 1 spiro atoms. The van der Waals surface area contributed by atoms with Gasteiger partial charge >= 0.3 is 6.09 Å². The van der Waals surface area contributed by atoms with E-state index in [1.54, 1.807) is 24.8 Å². The average molecular weight is 540 g/mol. The molecule has 0 radical (unpaired) electrons. The van der Waals surface area contributed by atoms with Gasteiger partial charge in [0.05, 0.1) is 17.7 Å². The van der Waals surface area contributed by atoms with Gasteiger partial charge in [0.2, 0.25) is 0 Å². The summed E-state index contributed by atoms with van der Waals surface area (Å²) < 4.78 is 20.3. The van der Waals surface area contributed by atoms with Crippen LogP contribution in [0.5, 0.6) is 0 Å². The fourth-order valence-corrected chi connectivity index (χ4v) is 8.48. The van der Waals surface area contributed by atoms with Gasteiger partial charge in [-0.25, -0.2) is 4.79 Å². The molecule has 1 N–H and O–H groups in total. The third-order valence-corrected chi connectivity index (χ3v) is 10.5. The topological polar surface area (TPSA) is 103 Å². The van der Waals surface area contributed by atoms with Gasteiger partial charge in [0.15, 0.2) is 23.3 Å². The molecule has 2 heterocycles. The van der Waals surface area contributed by atoms with Crippen LogP contribution in [0.3, 0.4) is 0 Å². The molecule has 1 amide bonds. The van der Waals surface area contributed by atoms with E-state index >= 15 is 0 Å². The molecule has 2 saturated carbocycles. The van der Waals surface area contributed by atoms with Crippen molar-refractivity contribution in [2.24, 2.45) is 41.5 Å². The van der Waals surface area contributed by atoms with Crippen molar-refractivity contribution in [2.45, 2.75) is 78.5 Å². The van der Waals surface area contributed by atoms with Crippen molar-refractivity contribution in [3.63, 3.8) is 0 Å². The fraction of sp³-hybridized carbons (Fsp3) is 0.700. The lowest BCUT2D eigenvalue weighted by Crippen LogP contribution is -2.68. The predicted molar refractivity (Wildman–Crippen MR) is 144 cm³/mol. The normalized spacial score (nSPS) is 41.2. The van der Waals surface area contributed by atoms with Gasteiger partial charge < -0.3 is 19.3 Å². The molecule has 9 heteroatoms. The van der Waals surface area contributed by atoms with Crippen molar-refractivity contribution >= 4 is 17.7 Å². The zero-order chi connectivity index (χ0) is 28.4. The number of rotatable bonds is 2. The summed E-state index contributed by atoms with van der Waals surface area (Å²) in [5.41, 5.74) is -0.906. The van der Waals surface area contributed by atoms with E-state index in [9.17, 15) is 14.7 Å². The zero-order valence-electron chi connectivity index (χ0n) is 24.4. The van der Waals surface area contributed by atoms with Crippen LogP contribution in [0.2, 0.25) is 0 Å². The number of hydrogen-bond acceptors (Lipinski definition) is 7. The second kappa shape index (κ2) is 8.04. The van der Waals surface area contributed by atoms with Crippen LogP contribution in [-0.4, -0.2) is 64.0 Å². The van der Waals surface area contributed by atoms with Crippen LogP contribution < -0.4 is 4.90 Å². The third kappa shape index (κ3) is 3.39. The van der Waals surface area contributed by atoms with Crippen molar-refractivity contribution in [3.05, 3.63) is 35.1 Å². The van der Waals surface area contributed by atoms with Crippen LogP contribution in [0.15, 0.2) is 29.4 Å². The summed E-state index contributed by atoms with van der Waals surface area (Å²) in [5.74, 6) is -0.435. The summed E-state index contributed by atoms with van der Waals surface area (Å²) in [4.78, 5) is 29.7. The van der Waals surface area contributed by atoms with E-state index in [-0.39, 0.29) is 35.6 Å². The number of ether oxygens (including phenoxy) is 3. The molecule has 1 saturated heterocycles. The van der Waals surface area contributed by atoms with Gasteiger partial charge in [-0.05, 0) is 68.4 Å². The highest BCUT2D eigenvalue weighted by molar-refractivity contribution is 5.96. The van der Waals surface area contributed by atoms with E-state index in [0.717, 1.165) is 17.7 Å². The highest BCUT2D eigenvalue weighted by Crippen LogP contribution is 2.72. The molecule has 212 valence electrons. The number of Topliss-reactive ketones (excluding diaryl/α,β-unsaturated/α-hetero) is 1. The minimum atomic E-state index is -1.84. The second-order valence-electron chi connectivity index (χ2n) is 13.6. The molecule has 8 atom stereocenters. The highest BCUT2D eigenvalue weighted by Gasteiger charge is 2.77. The van der Waals surface area contributed by atoms with Crippen molar-refractivity contribution < 1.29 is 28.9 Å². The maximum Gasteiger partial charge on any atom is 0.415 e. The third-order valence-electron chi connectivity index (χ3n) is 10.5. The summed E-state index contributed by atoms with van der Waals surface area (Å²) in [6.07, 6.45) is 2.10. The molecule has 0 aromatic carbocycles. The van der Waals surface area contributed by atoms with E-state index in [0.29, 0.717) is 17.3 Å². The molecule has 1 aromatic rings. The minimum absolute atomic E-state index is 0.00704. The number of anilines is 1. The van der Waals surface area contributed by atoms with Crippen molar-refractivity contribution in [3.8, 4) is 0 Å². The summed E-state index contributed by atoms with van der Waals surface area (Å²) in [7, 11) is 3.37. The van der Waals surface area contributed by atoms with E-state index < -0.39 is 35.1 Å². The van der Waals surface area contributed by atoms with Crippen LogP contribution in [0, 0.1) is 41.4 Å². The summed E-state index contributed by atoms with van der Waals surface area (Å²) in [6.45, 7) is 14.1. The van der Waals surface area contributed by atoms with Crippen LogP contribution in [0.4, 0.5) is 10.6 Å². The van der Waals surface area contributed by atoms with Gasteiger partial charge in [-0.3, -0.25) is 14.4 Å². The lowest BCUT2D eigenvalue weighted by molar-refractivity contribution is -0.302. The lowest BCUT2D eigenvalue weighted by atomic mass is 9.59. The van der Waals surface area contributed by atoms with E-state index in [1.807, 2.05) is 39.8 Å². The number of aryl methyl sites for hydroxylation is 2. The van der Waals surface area contributed by atoms with Crippen LogP contribution in [0.25, 0.3) is 0 Å². The van der Waals surface area contributed by atoms with Gasteiger partial charge in [0, 0.05) is 26.1 Å². The van der Waals surface area contributed by atoms with E-state index in [4.69, 9.17) is 14.2 Å². The van der Waals surface area contributed by atoms with Crippen LogP contribution in [-0.2, 0) is 26.1 Å². The molecule has 2 bridgehead atoms. The number of hydrogen-bond donors (Lipinski definition) is 1. The quantitative estimate of drug-likeness (QED) is 0.568. The molecule has 39 heavy (non-hydrogen) atoms. The average Bonchev–Trinajstić information content (AvgIpc) is 3.12. The monoisotopic (exact) mass is 539 g/mol. The molecule has 1 aliphatic heterocycles. The number of ketones is 1. The molecule has 5 aliphatic rings. The highest BCUT2D eigenvalue weighted by atomic mass is 16.7. The standard InChI is InChI=1S/C30H41N3O6/c1-15-13-29-16(2)10-20-22(27(20,4)5)19(23(29)34)12-18-14-37-28(6,7)39-25(18)30(29,36)24(15)38-26(35)32(8)21-11-17(3)31-33(21)9/h11-13,16,19-20,22,24-25,36H,10,14H2,1-9H3/t16-,19+,20-,22+,24+,25-,29+,30-/m1/s1. The number of allylic oxidation sites excluding steroid dienone is 1. The fourth-order valence-electron chi connectivity index (χ4n) is 8.48. The number of aromatic nitrogens is 2. The Kier molecular flexibility index (Phi) is 5.51. The maximum atomic E-state index is 14.8. The summed E-state index contributed by atoms with van der Waals surface area (Å²) in [5, 5.41) is 17.4. The molecule has 3 fully saturated rings. The Labute approximate surface area is 230 Å². The Balaban J connectivity index is 1.48. The molecule has 6 rings (SSSR count). The smallest absolute Gasteiger partial charge is 0.415 e. The first-order valence-electron chi connectivity index (χ1n) is 14.0. The number of amides is 1. The van der Waals surface area contributed by atoms with Gasteiger partial charge in [-0.2, -0.15) is 5.10 Å².